The van der Waals surface area contributed by atoms with Gasteiger partial charge in [-0.15, -0.1) is 5.10 Å². The van der Waals surface area contributed by atoms with Crippen LogP contribution in [-0.2, 0) is 6.54 Å². The summed E-state index contributed by atoms with van der Waals surface area (Å²) in [5.74, 6) is -0.0913. The van der Waals surface area contributed by atoms with Crippen molar-refractivity contribution in [3.05, 3.63) is 46.7 Å². The number of amides is 1. The second kappa shape index (κ2) is 5.58. The van der Waals surface area contributed by atoms with Crippen LogP contribution in [0.1, 0.15) is 10.4 Å². The molecule has 5 nitrogen and oxygen atoms in total. The van der Waals surface area contributed by atoms with Crippen molar-refractivity contribution >= 4 is 21.8 Å². The Labute approximate surface area is 107 Å². The molecule has 0 unspecified atom stereocenters. The molecule has 6 heteroatoms. The fourth-order valence-electron chi connectivity index (χ4n) is 1.37. The number of carbonyl (C=O) groups is 1. The molecule has 0 fully saturated rings. The fraction of sp³-hybridized carbons (Fsp3) is 0.182. The van der Waals surface area contributed by atoms with Gasteiger partial charge in [-0.2, -0.15) is 0 Å². The van der Waals surface area contributed by atoms with E-state index in [2.05, 4.69) is 31.6 Å². The van der Waals surface area contributed by atoms with E-state index >= 15 is 0 Å². The Morgan fingerprint density at radius 1 is 1.47 bits per heavy atom. The van der Waals surface area contributed by atoms with Gasteiger partial charge in [0.25, 0.3) is 5.91 Å². The zero-order valence-electron chi connectivity index (χ0n) is 9.01. The van der Waals surface area contributed by atoms with E-state index < -0.39 is 0 Å². The molecular weight excluding hydrogens is 284 g/mol. The Kier molecular flexibility index (Phi) is 3.87. The molecule has 2 aromatic rings. The summed E-state index contributed by atoms with van der Waals surface area (Å²) in [5, 5.41) is 10.3. The molecule has 0 aliphatic rings. The molecule has 0 spiro atoms. The van der Waals surface area contributed by atoms with Gasteiger partial charge >= 0.3 is 0 Å². The van der Waals surface area contributed by atoms with Crippen LogP contribution in [0.4, 0.5) is 0 Å². The van der Waals surface area contributed by atoms with Crippen molar-refractivity contribution < 1.29 is 4.79 Å². The maximum absolute atomic E-state index is 11.7. The summed E-state index contributed by atoms with van der Waals surface area (Å²) in [4.78, 5) is 11.7. The highest BCUT2D eigenvalue weighted by Crippen LogP contribution is 2.11. The van der Waals surface area contributed by atoms with Crippen molar-refractivity contribution in [3.8, 4) is 0 Å². The zero-order chi connectivity index (χ0) is 12.1. The average molecular weight is 295 g/mol. The van der Waals surface area contributed by atoms with E-state index in [1.165, 1.54) is 0 Å². The first-order valence-corrected chi connectivity index (χ1v) is 5.93. The Morgan fingerprint density at radius 2 is 2.35 bits per heavy atom. The van der Waals surface area contributed by atoms with Gasteiger partial charge in [-0.05, 0) is 18.2 Å². The SMILES string of the molecule is O=C(NCCn1ccnn1)c1cccc(Br)c1. The normalized spacial score (nSPS) is 10.2. The van der Waals surface area contributed by atoms with Crippen molar-refractivity contribution in [2.24, 2.45) is 0 Å². The zero-order valence-corrected chi connectivity index (χ0v) is 10.6. The maximum atomic E-state index is 11.7. The highest BCUT2D eigenvalue weighted by atomic mass is 79.9. The predicted octanol–water partition coefficient (Wildman–Crippen LogP) is 1.47. The third kappa shape index (κ3) is 3.39. The highest BCUT2D eigenvalue weighted by molar-refractivity contribution is 9.10. The molecule has 1 aromatic heterocycles. The summed E-state index contributed by atoms with van der Waals surface area (Å²) >= 11 is 3.33. The number of carbonyl (C=O) groups excluding carboxylic acids is 1. The van der Waals surface area contributed by atoms with Gasteiger partial charge in [0.05, 0.1) is 12.7 Å². The lowest BCUT2D eigenvalue weighted by Crippen LogP contribution is -2.27. The Morgan fingerprint density at radius 3 is 3.06 bits per heavy atom. The van der Waals surface area contributed by atoms with Gasteiger partial charge in [0, 0.05) is 22.8 Å². The lowest BCUT2D eigenvalue weighted by Gasteiger charge is -2.05. The number of halogens is 1. The quantitative estimate of drug-likeness (QED) is 0.929. The highest BCUT2D eigenvalue weighted by Gasteiger charge is 2.04. The van der Waals surface area contributed by atoms with Gasteiger partial charge < -0.3 is 5.32 Å². The predicted molar refractivity (Wildman–Crippen MR) is 66.5 cm³/mol. The maximum Gasteiger partial charge on any atom is 0.251 e. The first kappa shape index (κ1) is 11.8. The van der Waals surface area contributed by atoms with Crippen LogP contribution in [0.25, 0.3) is 0 Å². The monoisotopic (exact) mass is 294 g/mol. The molecule has 1 heterocycles. The molecule has 2 rings (SSSR count). The molecule has 0 aliphatic carbocycles. The van der Waals surface area contributed by atoms with E-state index in [4.69, 9.17) is 0 Å². The summed E-state index contributed by atoms with van der Waals surface area (Å²) in [5.41, 5.74) is 0.637. The van der Waals surface area contributed by atoms with Crippen LogP contribution in [0, 0.1) is 0 Å². The van der Waals surface area contributed by atoms with Crippen molar-refractivity contribution in [1.82, 2.24) is 20.3 Å². The minimum absolute atomic E-state index is 0.0913. The number of benzene rings is 1. The minimum atomic E-state index is -0.0913. The topological polar surface area (TPSA) is 59.8 Å². The van der Waals surface area contributed by atoms with E-state index in [-0.39, 0.29) is 5.91 Å². The Hall–Kier alpha value is -1.69. The van der Waals surface area contributed by atoms with Gasteiger partial charge in [-0.1, -0.05) is 27.2 Å². The van der Waals surface area contributed by atoms with Gasteiger partial charge in [-0.25, -0.2) is 0 Å². The van der Waals surface area contributed by atoms with Gasteiger partial charge in [-0.3, -0.25) is 9.48 Å². The number of nitrogens with one attached hydrogen (secondary N) is 1. The lowest BCUT2D eigenvalue weighted by atomic mass is 10.2. The average Bonchev–Trinajstić information content (AvgIpc) is 2.82. The van der Waals surface area contributed by atoms with E-state index in [1.807, 2.05) is 12.1 Å². The van der Waals surface area contributed by atoms with E-state index in [9.17, 15) is 4.79 Å². The van der Waals surface area contributed by atoms with E-state index in [0.717, 1.165) is 4.47 Å². The number of rotatable bonds is 4. The van der Waals surface area contributed by atoms with Crippen molar-refractivity contribution in [1.29, 1.82) is 0 Å². The molecule has 88 valence electrons. The first-order valence-electron chi connectivity index (χ1n) is 5.13. The second-order valence-electron chi connectivity index (χ2n) is 3.43. The largest absolute Gasteiger partial charge is 0.350 e. The molecule has 0 radical (unpaired) electrons. The lowest BCUT2D eigenvalue weighted by molar-refractivity contribution is 0.0952. The molecule has 17 heavy (non-hydrogen) atoms. The molecule has 0 saturated carbocycles. The van der Waals surface area contributed by atoms with Crippen molar-refractivity contribution in [2.75, 3.05) is 6.54 Å². The van der Waals surface area contributed by atoms with Crippen molar-refractivity contribution in [3.63, 3.8) is 0 Å². The Balaban J connectivity index is 1.85. The summed E-state index contributed by atoms with van der Waals surface area (Å²) in [6.45, 7) is 1.13. The van der Waals surface area contributed by atoms with Crippen LogP contribution in [0.5, 0.6) is 0 Å². The van der Waals surface area contributed by atoms with Gasteiger partial charge in [0.1, 0.15) is 0 Å². The summed E-state index contributed by atoms with van der Waals surface area (Å²) in [6.07, 6.45) is 3.36. The molecule has 0 atom stereocenters. The molecule has 0 aliphatic heterocycles. The number of hydrogen-bond donors (Lipinski definition) is 1. The van der Waals surface area contributed by atoms with Gasteiger partial charge in [0.2, 0.25) is 0 Å². The fourth-order valence-corrected chi connectivity index (χ4v) is 1.77. The molecule has 1 N–H and O–H groups in total. The Bertz CT molecular complexity index is 498. The van der Waals surface area contributed by atoms with Crippen LogP contribution in [0.15, 0.2) is 41.1 Å². The van der Waals surface area contributed by atoms with E-state index in [1.54, 1.807) is 29.2 Å². The minimum Gasteiger partial charge on any atom is -0.350 e. The van der Waals surface area contributed by atoms with Gasteiger partial charge in [0.15, 0.2) is 0 Å². The van der Waals surface area contributed by atoms with Crippen LogP contribution in [-0.4, -0.2) is 27.4 Å². The summed E-state index contributed by atoms with van der Waals surface area (Å²) in [7, 11) is 0. The van der Waals surface area contributed by atoms with Crippen LogP contribution < -0.4 is 5.32 Å². The molecule has 1 aromatic carbocycles. The molecule has 1 amide bonds. The van der Waals surface area contributed by atoms with Crippen molar-refractivity contribution in [2.45, 2.75) is 6.54 Å². The second-order valence-corrected chi connectivity index (χ2v) is 4.35. The standard InChI is InChI=1S/C11H11BrN4O/c12-10-3-1-2-9(8-10)11(17)13-4-6-16-7-5-14-15-16/h1-3,5,7-8H,4,6H2,(H,13,17). The van der Waals surface area contributed by atoms with Crippen LogP contribution >= 0.6 is 15.9 Å². The number of hydrogen-bond acceptors (Lipinski definition) is 3. The summed E-state index contributed by atoms with van der Waals surface area (Å²) < 4.78 is 2.56. The first-order chi connectivity index (χ1) is 8.25. The number of nitrogens with zero attached hydrogens (tertiary/aromatic N) is 3. The van der Waals surface area contributed by atoms with Crippen LogP contribution in [0.3, 0.4) is 0 Å². The number of aromatic nitrogens is 3. The molecular formula is C11H11BrN4O. The van der Waals surface area contributed by atoms with E-state index in [0.29, 0.717) is 18.7 Å². The third-order valence-electron chi connectivity index (χ3n) is 2.19. The molecule has 0 bridgehead atoms. The molecule has 0 saturated heterocycles. The summed E-state index contributed by atoms with van der Waals surface area (Å²) in [6, 6.07) is 7.27. The smallest absolute Gasteiger partial charge is 0.251 e. The third-order valence-corrected chi connectivity index (χ3v) is 2.68. The van der Waals surface area contributed by atoms with Crippen LogP contribution in [0.2, 0.25) is 0 Å².